The molecular weight excluding hydrogens is 352 g/mol. The number of ether oxygens (including phenoxy) is 1. The van der Waals surface area contributed by atoms with Crippen LogP contribution in [0.15, 0.2) is 24.3 Å². The van der Waals surface area contributed by atoms with E-state index >= 15 is 0 Å². The van der Waals surface area contributed by atoms with Crippen LogP contribution in [0.5, 0.6) is 0 Å². The molecule has 0 spiro atoms. The number of hydrogen-bond acceptors (Lipinski definition) is 5. The average molecular weight is 376 g/mol. The van der Waals surface area contributed by atoms with E-state index in [-0.39, 0.29) is 23.3 Å². The summed E-state index contributed by atoms with van der Waals surface area (Å²) in [7, 11) is 0. The van der Waals surface area contributed by atoms with E-state index in [1.165, 1.54) is 11.1 Å². The molecule has 2 heterocycles. The zero-order valence-corrected chi connectivity index (χ0v) is 15.9. The van der Waals surface area contributed by atoms with Crippen LogP contribution in [0.3, 0.4) is 0 Å². The zero-order chi connectivity index (χ0) is 18.7. The van der Waals surface area contributed by atoms with Gasteiger partial charge in [-0.3, -0.25) is 9.59 Å². The van der Waals surface area contributed by atoms with Crippen molar-refractivity contribution in [1.29, 1.82) is 0 Å². The summed E-state index contributed by atoms with van der Waals surface area (Å²) in [5.74, 6) is -0.309. The second-order valence-corrected chi connectivity index (χ2v) is 8.40. The molecule has 1 N–H and O–H groups in total. The van der Waals surface area contributed by atoms with Crippen LogP contribution in [0.1, 0.15) is 30.9 Å². The average Bonchev–Trinajstić information content (AvgIpc) is 3.11. The highest BCUT2D eigenvalue weighted by atomic mass is 32.2. The van der Waals surface area contributed by atoms with E-state index in [0.29, 0.717) is 18.7 Å². The van der Waals surface area contributed by atoms with Crippen molar-refractivity contribution < 1.29 is 19.1 Å². The Morgan fingerprint density at radius 2 is 2.15 bits per heavy atom. The van der Waals surface area contributed by atoms with E-state index in [2.05, 4.69) is 5.32 Å². The minimum absolute atomic E-state index is 0.0119. The largest absolute Gasteiger partial charge is 0.454 e. The minimum Gasteiger partial charge on any atom is -0.454 e. The fraction of sp³-hybridized carbons (Fsp3) is 0.526. The number of hydrogen-bond donors (Lipinski definition) is 1. The van der Waals surface area contributed by atoms with Gasteiger partial charge in [0.05, 0.1) is 4.87 Å². The molecule has 1 aromatic rings. The van der Waals surface area contributed by atoms with Gasteiger partial charge in [-0.05, 0) is 37.8 Å². The summed E-state index contributed by atoms with van der Waals surface area (Å²) in [5, 5.41) is 2.76. The molecule has 26 heavy (non-hydrogen) atoms. The predicted molar refractivity (Wildman–Crippen MR) is 99.6 cm³/mol. The Kier molecular flexibility index (Phi) is 5.55. The fourth-order valence-electron chi connectivity index (χ4n) is 3.51. The SMILES string of the molecule is Cc1ccccc1CCNC(=O)COC(=O)[C@@H]1CS[C@]2(C)CCC(=O)N12. The lowest BCUT2D eigenvalue weighted by atomic mass is 10.1. The molecule has 2 atom stereocenters. The summed E-state index contributed by atoms with van der Waals surface area (Å²) in [6.45, 7) is 4.19. The van der Waals surface area contributed by atoms with Gasteiger partial charge in [0.25, 0.3) is 5.91 Å². The smallest absolute Gasteiger partial charge is 0.330 e. The first-order valence-corrected chi connectivity index (χ1v) is 9.83. The van der Waals surface area contributed by atoms with Gasteiger partial charge in [-0.25, -0.2) is 4.79 Å². The number of thioether (sulfide) groups is 1. The Bertz CT molecular complexity index is 723. The van der Waals surface area contributed by atoms with Crippen LogP contribution in [0.25, 0.3) is 0 Å². The number of carbonyl (C=O) groups excluding carboxylic acids is 3. The molecule has 2 fully saturated rings. The number of aryl methyl sites for hydroxylation is 1. The van der Waals surface area contributed by atoms with Crippen molar-refractivity contribution in [2.45, 2.75) is 44.0 Å². The number of amides is 2. The van der Waals surface area contributed by atoms with Gasteiger partial charge in [0.1, 0.15) is 6.04 Å². The van der Waals surface area contributed by atoms with Crippen molar-refractivity contribution in [3.8, 4) is 0 Å². The zero-order valence-electron chi connectivity index (χ0n) is 15.1. The van der Waals surface area contributed by atoms with Crippen molar-refractivity contribution in [2.24, 2.45) is 0 Å². The van der Waals surface area contributed by atoms with Gasteiger partial charge in [0.2, 0.25) is 5.91 Å². The lowest BCUT2D eigenvalue weighted by molar-refractivity contribution is -0.156. The number of nitrogens with one attached hydrogen (secondary N) is 1. The molecule has 2 aliphatic rings. The molecule has 0 unspecified atom stereocenters. The molecule has 2 aliphatic heterocycles. The van der Waals surface area contributed by atoms with Gasteiger partial charge >= 0.3 is 5.97 Å². The van der Waals surface area contributed by atoms with Crippen LogP contribution in [0.4, 0.5) is 0 Å². The molecular formula is C19H24N2O4S. The van der Waals surface area contributed by atoms with E-state index < -0.39 is 12.0 Å². The number of rotatable bonds is 6. The second-order valence-electron chi connectivity index (χ2n) is 6.90. The number of fused-ring (bicyclic) bond motifs is 1. The highest BCUT2D eigenvalue weighted by Crippen LogP contribution is 2.47. The van der Waals surface area contributed by atoms with Crippen molar-refractivity contribution >= 4 is 29.5 Å². The highest BCUT2D eigenvalue weighted by Gasteiger charge is 2.53. The third-order valence-corrected chi connectivity index (χ3v) is 6.55. The van der Waals surface area contributed by atoms with Crippen molar-refractivity contribution in [2.75, 3.05) is 18.9 Å². The summed E-state index contributed by atoms with van der Waals surface area (Å²) in [6, 6.07) is 7.43. The second kappa shape index (κ2) is 7.70. The normalized spacial score (nSPS) is 24.5. The van der Waals surface area contributed by atoms with E-state index in [9.17, 15) is 14.4 Å². The summed E-state index contributed by atoms with van der Waals surface area (Å²) in [5.41, 5.74) is 2.37. The van der Waals surface area contributed by atoms with Gasteiger partial charge in [-0.15, -0.1) is 11.8 Å². The summed E-state index contributed by atoms with van der Waals surface area (Å²) in [6.07, 6.45) is 1.94. The van der Waals surface area contributed by atoms with E-state index in [1.54, 1.807) is 16.7 Å². The molecule has 1 aromatic carbocycles. The van der Waals surface area contributed by atoms with Gasteiger partial charge in [-0.2, -0.15) is 0 Å². The van der Waals surface area contributed by atoms with E-state index in [0.717, 1.165) is 12.8 Å². The van der Waals surface area contributed by atoms with Gasteiger partial charge < -0.3 is 15.0 Å². The lowest BCUT2D eigenvalue weighted by Gasteiger charge is -2.29. The van der Waals surface area contributed by atoms with Gasteiger partial charge in [-0.1, -0.05) is 24.3 Å². The van der Waals surface area contributed by atoms with Crippen LogP contribution in [-0.4, -0.2) is 52.5 Å². The summed E-state index contributed by atoms with van der Waals surface area (Å²) in [4.78, 5) is 37.6. The molecule has 6 nitrogen and oxygen atoms in total. The molecule has 2 amide bonds. The first-order chi connectivity index (χ1) is 12.4. The maximum atomic E-state index is 12.3. The fourth-order valence-corrected chi connectivity index (χ4v) is 4.92. The van der Waals surface area contributed by atoms with Crippen molar-refractivity contribution in [1.82, 2.24) is 10.2 Å². The third-order valence-electron chi connectivity index (χ3n) is 5.04. The Hall–Kier alpha value is -2.02. The Balaban J connectivity index is 1.42. The summed E-state index contributed by atoms with van der Waals surface area (Å²) >= 11 is 1.61. The van der Waals surface area contributed by atoms with Crippen LogP contribution in [0, 0.1) is 6.92 Å². The number of carbonyl (C=O) groups is 3. The maximum absolute atomic E-state index is 12.3. The number of esters is 1. The van der Waals surface area contributed by atoms with E-state index in [4.69, 9.17) is 4.74 Å². The molecule has 2 saturated heterocycles. The Morgan fingerprint density at radius 3 is 2.92 bits per heavy atom. The van der Waals surface area contributed by atoms with Gasteiger partial charge in [0.15, 0.2) is 6.61 Å². The third kappa shape index (κ3) is 3.87. The molecule has 0 aliphatic carbocycles. The Morgan fingerprint density at radius 1 is 1.38 bits per heavy atom. The van der Waals surface area contributed by atoms with Crippen LogP contribution in [0.2, 0.25) is 0 Å². The van der Waals surface area contributed by atoms with Gasteiger partial charge in [0, 0.05) is 18.7 Å². The first-order valence-electron chi connectivity index (χ1n) is 8.85. The van der Waals surface area contributed by atoms with E-state index in [1.807, 2.05) is 38.1 Å². The number of nitrogens with zero attached hydrogens (tertiary/aromatic N) is 1. The highest BCUT2D eigenvalue weighted by molar-refractivity contribution is 8.01. The predicted octanol–water partition coefficient (Wildman–Crippen LogP) is 1.65. The number of benzene rings is 1. The molecule has 7 heteroatoms. The molecule has 0 aromatic heterocycles. The molecule has 140 valence electrons. The molecule has 0 bridgehead atoms. The van der Waals surface area contributed by atoms with Crippen LogP contribution in [-0.2, 0) is 25.5 Å². The minimum atomic E-state index is -0.584. The quantitative estimate of drug-likeness (QED) is 0.764. The first kappa shape index (κ1) is 18.8. The standard InChI is InChI=1S/C19H24N2O4S/c1-13-5-3-4-6-14(13)8-10-20-16(22)11-25-18(24)15-12-26-19(2)9-7-17(23)21(15)19/h3-6,15H,7-12H2,1-2H3,(H,20,22)/t15-,19+/m0/s1. The summed E-state index contributed by atoms with van der Waals surface area (Å²) < 4.78 is 5.16. The topological polar surface area (TPSA) is 75.7 Å². The molecule has 3 rings (SSSR count). The molecule has 0 saturated carbocycles. The molecule has 0 radical (unpaired) electrons. The monoisotopic (exact) mass is 376 g/mol. The Labute approximate surface area is 157 Å². The van der Waals surface area contributed by atoms with Crippen LogP contribution >= 0.6 is 11.8 Å². The lowest BCUT2D eigenvalue weighted by Crippen LogP contribution is -2.47. The van der Waals surface area contributed by atoms with Crippen molar-refractivity contribution in [3.63, 3.8) is 0 Å². The van der Waals surface area contributed by atoms with Crippen molar-refractivity contribution in [3.05, 3.63) is 35.4 Å². The maximum Gasteiger partial charge on any atom is 0.330 e. The van der Waals surface area contributed by atoms with Crippen LogP contribution < -0.4 is 5.32 Å².